The number of carbonyl (C=O) groups is 1. The number of hydrogen-bond donors (Lipinski definition) is 0. The Bertz CT molecular complexity index is 456. The van der Waals surface area contributed by atoms with Crippen LogP contribution in [0.2, 0.25) is 0 Å². The van der Waals surface area contributed by atoms with Crippen LogP contribution in [0.25, 0.3) is 0 Å². The molecule has 0 aromatic rings. The molecule has 1 saturated heterocycles. The third-order valence-corrected chi connectivity index (χ3v) is 5.84. The molecule has 1 saturated carbocycles. The van der Waals surface area contributed by atoms with Crippen molar-refractivity contribution in [2.24, 2.45) is 22.7 Å². The fraction of sp³-hybridized carbons (Fsp3) is 0.842. The molecule has 2 fully saturated rings. The highest BCUT2D eigenvalue weighted by molar-refractivity contribution is 5.82. The zero-order valence-corrected chi connectivity index (χ0v) is 14.2. The number of fused-ring (bicyclic) bond motifs is 4. The molecule has 3 aliphatic carbocycles. The summed E-state index contributed by atoms with van der Waals surface area (Å²) in [5.41, 5.74) is 1.79. The van der Waals surface area contributed by atoms with E-state index in [0.717, 1.165) is 38.3 Å². The van der Waals surface area contributed by atoms with E-state index >= 15 is 0 Å². The van der Waals surface area contributed by atoms with Crippen LogP contribution >= 0.6 is 0 Å². The number of carbonyl (C=O) groups excluding carboxylic acids is 1. The maximum Gasteiger partial charge on any atom is 0.228 e. The van der Waals surface area contributed by atoms with Gasteiger partial charge in [-0.2, -0.15) is 0 Å². The minimum absolute atomic E-state index is 0.139. The van der Waals surface area contributed by atoms with E-state index < -0.39 is 0 Å². The molecule has 0 radical (unpaired) electrons. The first-order valence-corrected chi connectivity index (χ1v) is 8.76. The van der Waals surface area contributed by atoms with Gasteiger partial charge in [0.05, 0.1) is 0 Å². The smallest absolute Gasteiger partial charge is 0.228 e. The van der Waals surface area contributed by atoms with Crippen LogP contribution in [0.3, 0.4) is 0 Å². The minimum Gasteiger partial charge on any atom is -0.342 e. The van der Waals surface area contributed by atoms with Crippen LogP contribution in [0.4, 0.5) is 0 Å². The van der Waals surface area contributed by atoms with Crippen LogP contribution in [-0.4, -0.2) is 23.9 Å². The molecular formula is C19H31NO. The van der Waals surface area contributed by atoms with Crippen LogP contribution in [0.1, 0.15) is 66.2 Å². The molecule has 0 aromatic carbocycles. The fourth-order valence-corrected chi connectivity index (χ4v) is 5.01. The van der Waals surface area contributed by atoms with E-state index in [2.05, 4.69) is 38.7 Å². The predicted molar refractivity (Wildman–Crippen MR) is 86.9 cm³/mol. The van der Waals surface area contributed by atoms with Gasteiger partial charge in [-0.3, -0.25) is 4.79 Å². The molecule has 1 amide bonds. The molecule has 2 nitrogen and oxygen atoms in total. The van der Waals surface area contributed by atoms with Crippen LogP contribution < -0.4 is 0 Å². The van der Waals surface area contributed by atoms with Gasteiger partial charge in [-0.15, -0.1) is 0 Å². The Kier molecular flexibility index (Phi) is 3.70. The average molecular weight is 289 g/mol. The molecule has 0 N–H and O–H groups in total. The monoisotopic (exact) mass is 289 g/mol. The molecule has 1 heterocycles. The number of piperidine rings is 1. The van der Waals surface area contributed by atoms with Gasteiger partial charge in [-0.1, -0.05) is 39.3 Å². The Morgan fingerprint density at radius 2 is 1.95 bits per heavy atom. The van der Waals surface area contributed by atoms with Crippen molar-refractivity contribution < 1.29 is 4.79 Å². The summed E-state index contributed by atoms with van der Waals surface area (Å²) >= 11 is 0. The average Bonchev–Trinajstić information content (AvgIpc) is 2.31. The predicted octanol–water partition coefficient (Wildman–Crippen LogP) is 4.41. The Morgan fingerprint density at radius 1 is 1.24 bits per heavy atom. The molecule has 4 aliphatic rings. The molecule has 1 aliphatic heterocycles. The lowest BCUT2D eigenvalue weighted by Gasteiger charge is -2.46. The highest BCUT2D eigenvalue weighted by Gasteiger charge is 2.44. The first-order valence-electron chi connectivity index (χ1n) is 8.76. The maximum absolute atomic E-state index is 13.2. The topological polar surface area (TPSA) is 20.3 Å². The lowest BCUT2D eigenvalue weighted by molar-refractivity contribution is -0.147. The van der Waals surface area contributed by atoms with Crippen LogP contribution in [0, 0.1) is 22.7 Å². The number of nitrogens with zero attached hydrogens (tertiary/aromatic N) is 1. The van der Waals surface area contributed by atoms with Crippen LogP contribution in [-0.2, 0) is 4.79 Å². The van der Waals surface area contributed by atoms with E-state index in [1.165, 1.54) is 19.3 Å². The first-order chi connectivity index (χ1) is 9.77. The van der Waals surface area contributed by atoms with Crippen molar-refractivity contribution in [3.8, 4) is 0 Å². The van der Waals surface area contributed by atoms with Gasteiger partial charge in [0, 0.05) is 18.5 Å². The van der Waals surface area contributed by atoms with E-state index in [9.17, 15) is 4.79 Å². The molecule has 2 unspecified atom stereocenters. The van der Waals surface area contributed by atoms with Gasteiger partial charge in [-0.25, -0.2) is 0 Å². The Balaban J connectivity index is 1.77. The van der Waals surface area contributed by atoms with Crippen molar-refractivity contribution in [3.63, 3.8) is 0 Å². The minimum atomic E-state index is -0.139. The van der Waals surface area contributed by atoms with Gasteiger partial charge in [0.25, 0.3) is 0 Å². The van der Waals surface area contributed by atoms with E-state index in [-0.39, 0.29) is 5.41 Å². The second-order valence-corrected chi connectivity index (χ2v) is 9.04. The molecule has 21 heavy (non-hydrogen) atoms. The second kappa shape index (κ2) is 5.14. The number of amides is 1. The second-order valence-electron chi connectivity index (χ2n) is 9.04. The Morgan fingerprint density at radius 3 is 2.62 bits per heavy atom. The van der Waals surface area contributed by atoms with Crippen molar-refractivity contribution in [1.82, 2.24) is 4.90 Å². The zero-order chi connectivity index (χ0) is 15.3. The summed E-state index contributed by atoms with van der Waals surface area (Å²) < 4.78 is 0. The van der Waals surface area contributed by atoms with Gasteiger partial charge in [0.15, 0.2) is 0 Å². The quantitative estimate of drug-likeness (QED) is 0.655. The molecule has 118 valence electrons. The summed E-state index contributed by atoms with van der Waals surface area (Å²) in [6.45, 7) is 11.1. The molecule has 2 heteroatoms. The molecular weight excluding hydrogens is 258 g/mol. The van der Waals surface area contributed by atoms with Gasteiger partial charge in [0.2, 0.25) is 5.91 Å². The first kappa shape index (κ1) is 15.1. The molecule has 4 rings (SSSR count). The Labute approximate surface area is 130 Å². The van der Waals surface area contributed by atoms with E-state index in [1.807, 2.05) is 0 Å². The highest BCUT2D eigenvalue weighted by Crippen LogP contribution is 2.48. The number of allylic oxidation sites excluding steroid dienone is 2. The third kappa shape index (κ3) is 3.05. The molecule has 0 aromatic heterocycles. The summed E-state index contributed by atoms with van der Waals surface area (Å²) in [5, 5.41) is 0. The number of hydrogen-bond acceptors (Lipinski definition) is 1. The van der Waals surface area contributed by atoms with Crippen LogP contribution in [0.15, 0.2) is 11.6 Å². The lowest BCUT2D eigenvalue weighted by atomic mass is 9.63. The van der Waals surface area contributed by atoms with E-state index in [0.29, 0.717) is 17.2 Å². The summed E-state index contributed by atoms with van der Waals surface area (Å²) in [6, 6.07) is 0. The van der Waals surface area contributed by atoms with Crippen molar-refractivity contribution in [1.29, 1.82) is 0 Å². The highest BCUT2D eigenvalue weighted by atomic mass is 16.2. The van der Waals surface area contributed by atoms with Crippen molar-refractivity contribution in [2.45, 2.75) is 66.2 Å². The Hall–Kier alpha value is -0.790. The normalized spacial score (nSPS) is 38.9. The van der Waals surface area contributed by atoms with Crippen molar-refractivity contribution in [3.05, 3.63) is 11.6 Å². The van der Waals surface area contributed by atoms with E-state index in [4.69, 9.17) is 0 Å². The summed E-state index contributed by atoms with van der Waals surface area (Å²) in [5.74, 6) is 1.74. The van der Waals surface area contributed by atoms with Crippen molar-refractivity contribution >= 4 is 5.91 Å². The standard InChI is InChI=1S/C19H31NO/c1-14-8-15-9-16(10-15)12-19(4,11-14)17(21)20-7-5-6-18(2,3)13-20/h8,14,16H,5-7,9-13H2,1-4H3. The zero-order valence-electron chi connectivity index (χ0n) is 14.2. The number of rotatable bonds is 1. The SMILES string of the molecule is CC1C=C2CC(C2)CC(C)(C(=O)N2CCCC(C)(C)C2)C1. The lowest BCUT2D eigenvalue weighted by Crippen LogP contribution is -2.51. The molecule has 2 atom stereocenters. The largest absolute Gasteiger partial charge is 0.342 e. The summed E-state index contributed by atoms with van der Waals surface area (Å²) in [6.07, 6.45) is 9.49. The maximum atomic E-state index is 13.2. The number of likely N-dealkylation sites (tertiary alicyclic amines) is 1. The third-order valence-electron chi connectivity index (χ3n) is 5.84. The summed E-state index contributed by atoms with van der Waals surface area (Å²) in [4.78, 5) is 15.4. The van der Waals surface area contributed by atoms with Gasteiger partial charge in [0.1, 0.15) is 0 Å². The fourth-order valence-electron chi connectivity index (χ4n) is 5.01. The molecule has 0 spiro atoms. The van der Waals surface area contributed by atoms with Gasteiger partial charge < -0.3 is 4.90 Å². The van der Waals surface area contributed by atoms with E-state index in [1.54, 1.807) is 5.57 Å². The summed E-state index contributed by atoms with van der Waals surface area (Å²) in [7, 11) is 0. The van der Waals surface area contributed by atoms with Crippen molar-refractivity contribution in [2.75, 3.05) is 13.1 Å². The molecule has 2 bridgehead atoms. The van der Waals surface area contributed by atoms with Gasteiger partial charge >= 0.3 is 0 Å². The van der Waals surface area contributed by atoms with Crippen LogP contribution in [0.5, 0.6) is 0 Å². The van der Waals surface area contributed by atoms with Gasteiger partial charge in [-0.05, 0) is 55.8 Å².